The predicted octanol–water partition coefficient (Wildman–Crippen LogP) is 5.14. The van der Waals surface area contributed by atoms with Gasteiger partial charge in [-0.1, -0.05) is 35.9 Å². The lowest BCUT2D eigenvalue weighted by atomic mass is 10.1. The number of aromatic amines is 1. The lowest BCUT2D eigenvalue weighted by molar-refractivity contribution is 0.0955. The van der Waals surface area contributed by atoms with Crippen LogP contribution in [0.3, 0.4) is 0 Å². The number of ether oxygens (including phenoxy) is 2. The van der Waals surface area contributed by atoms with Crippen molar-refractivity contribution in [3.63, 3.8) is 0 Å². The normalized spacial score (nSPS) is 10.9. The smallest absolute Gasteiger partial charge is 0.285 e. The zero-order valence-electron chi connectivity index (χ0n) is 17.0. The van der Waals surface area contributed by atoms with Crippen molar-refractivity contribution in [2.24, 2.45) is 5.10 Å². The van der Waals surface area contributed by atoms with Crippen LogP contribution in [0.25, 0.3) is 11.3 Å². The monoisotopic (exact) mass is 466 g/mol. The summed E-state index contributed by atoms with van der Waals surface area (Å²) in [6.45, 7) is 0.330. The van der Waals surface area contributed by atoms with Crippen molar-refractivity contribution in [1.82, 2.24) is 15.6 Å². The third-order valence-corrected chi connectivity index (χ3v) is 5.69. The Bertz CT molecular complexity index is 1230. The van der Waals surface area contributed by atoms with Crippen molar-refractivity contribution in [2.45, 2.75) is 6.61 Å². The molecule has 0 saturated carbocycles. The van der Waals surface area contributed by atoms with Crippen molar-refractivity contribution in [3.8, 4) is 22.8 Å². The highest BCUT2D eigenvalue weighted by molar-refractivity contribution is 7.12. The van der Waals surface area contributed by atoms with E-state index in [-0.39, 0.29) is 5.91 Å². The molecule has 2 N–H and O–H groups in total. The SMILES string of the molecule is COc1cccc(-c2[nH]ncc2C=NNC(=O)c2sccc2OCc2ccc(Cl)cc2)c1. The molecule has 2 heterocycles. The number of H-pyrrole nitrogens is 1. The van der Waals surface area contributed by atoms with Gasteiger partial charge in [-0.2, -0.15) is 10.2 Å². The minimum atomic E-state index is -0.353. The Balaban J connectivity index is 1.40. The van der Waals surface area contributed by atoms with Crippen molar-refractivity contribution < 1.29 is 14.3 Å². The first-order chi connectivity index (χ1) is 15.6. The predicted molar refractivity (Wildman–Crippen MR) is 126 cm³/mol. The van der Waals surface area contributed by atoms with Crippen LogP contribution in [0.4, 0.5) is 0 Å². The van der Waals surface area contributed by atoms with E-state index in [0.29, 0.717) is 22.3 Å². The first-order valence-corrected chi connectivity index (χ1v) is 10.9. The zero-order chi connectivity index (χ0) is 22.3. The molecule has 0 aliphatic rings. The Hall–Kier alpha value is -3.62. The van der Waals surface area contributed by atoms with Crippen LogP contribution in [0.2, 0.25) is 5.02 Å². The van der Waals surface area contributed by atoms with Crippen LogP contribution in [-0.2, 0) is 6.61 Å². The molecule has 7 nitrogen and oxygen atoms in total. The summed E-state index contributed by atoms with van der Waals surface area (Å²) in [5.41, 5.74) is 5.89. The molecule has 32 heavy (non-hydrogen) atoms. The summed E-state index contributed by atoms with van der Waals surface area (Å²) in [7, 11) is 1.61. The van der Waals surface area contributed by atoms with Crippen LogP contribution >= 0.6 is 22.9 Å². The van der Waals surface area contributed by atoms with Crippen LogP contribution in [0.15, 0.2) is 71.3 Å². The number of hydrazone groups is 1. The average Bonchev–Trinajstić information content (AvgIpc) is 3.48. The zero-order valence-corrected chi connectivity index (χ0v) is 18.6. The van der Waals surface area contributed by atoms with Crippen molar-refractivity contribution in [3.05, 3.63) is 87.2 Å². The van der Waals surface area contributed by atoms with Gasteiger partial charge >= 0.3 is 0 Å². The minimum absolute atomic E-state index is 0.330. The molecule has 4 rings (SSSR count). The molecule has 0 aliphatic carbocycles. The van der Waals surface area contributed by atoms with Gasteiger partial charge in [0.25, 0.3) is 5.91 Å². The van der Waals surface area contributed by atoms with Gasteiger partial charge in [0.1, 0.15) is 23.0 Å². The molecular formula is C23H19ClN4O3S. The molecule has 0 unspecified atom stereocenters. The number of nitrogens with zero attached hydrogens (tertiary/aromatic N) is 2. The molecule has 1 amide bonds. The molecule has 0 radical (unpaired) electrons. The Morgan fingerprint density at radius 2 is 2.09 bits per heavy atom. The van der Waals surface area contributed by atoms with E-state index >= 15 is 0 Å². The number of hydrogen-bond donors (Lipinski definition) is 2. The van der Waals surface area contributed by atoms with E-state index in [9.17, 15) is 4.79 Å². The highest BCUT2D eigenvalue weighted by atomic mass is 35.5. The highest BCUT2D eigenvalue weighted by Crippen LogP contribution is 2.26. The van der Waals surface area contributed by atoms with Gasteiger partial charge in [0.2, 0.25) is 0 Å². The van der Waals surface area contributed by atoms with Crippen LogP contribution in [0.1, 0.15) is 20.8 Å². The number of amides is 1. The van der Waals surface area contributed by atoms with Crippen LogP contribution < -0.4 is 14.9 Å². The third-order valence-electron chi connectivity index (χ3n) is 4.54. The second kappa shape index (κ2) is 10.1. The maximum absolute atomic E-state index is 12.6. The molecule has 0 fully saturated rings. The lowest BCUT2D eigenvalue weighted by Crippen LogP contribution is -2.17. The Morgan fingerprint density at radius 3 is 2.91 bits per heavy atom. The topological polar surface area (TPSA) is 88.6 Å². The molecule has 4 aromatic rings. The van der Waals surface area contributed by atoms with Gasteiger partial charge in [-0.3, -0.25) is 9.89 Å². The summed E-state index contributed by atoms with van der Waals surface area (Å²) in [6, 6.07) is 16.7. The van der Waals surface area contributed by atoms with Crippen molar-refractivity contribution >= 4 is 35.1 Å². The fourth-order valence-electron chi connectivity index (χ4n) is 2.93. The first kappa shape index (κ1) is 21.6. The number of thiophene rings is 1. The molecule has 162 valence electrons. The van der Waals surface area contributed by atoms with Gasteiger partial charge in [-0.05, 0) is 41.3 Å². The van der Waals surface area contributed by atoms with E-state index in [0.717, 1.165) is 28.1 Å². The molecule has 0 saturated heterocycles. The maximum Gasteiger partial charge on any atom is 0.285 e. The van der Waals surface area contributed by atoms with E-state index in [2.05, 4.69) is 20.7 Å². The molecule has 0 bridgehead atoms. The fourth-order valence-corrected chi connectivity index (χ4v) is 3.78. The van der Waals surface area contributed by atoms with E-state index in [1.165, 1.54) is 17.6 Å². The number of nitrogens with one attached hydrogen (secondary N) is 2. The first-order valence-electron chi connectivity index (χ1n) is 9.60. The number of carbonyl (C=O) groups excluding carboxylic acids is 1. The van der Waals surface area contributed by atoms with E-state index < -0.39 is 0 Å². The maximum atomic E-state index is 12.6. The standard InChI is InChI=1S/C23H19ClN4O3S/c1-30-19-4-2-3-16(11-19)21-17(12-25-27-21)13-26-28-23(29)22-20(9-10-32-22)31-14-15-5-7-18(24)8-6-15/h2-13H,14H2,1H3,(H,25,27)(H,28,29). The Labute approximate surface area is 193 Å². The average molecular weight is 467 g/mol. The minimum Gasteiger partial charge on any atom is -0.497 e. The molecule has 2 aromatic heterocycles. The summed E-state index contributed by atoms with van der Waals surface area (Å²) in [5, 5.41) is 13.6. The number of rotatable bonds is 8. The van der Waals surface area contributed by atoms with Crippen molar-refractivity contribution in [2.75, 3.05) is 7.11 Å². The fraction of sp³-hybridized carbons (Fsp3) is 0.0870. The molecule has 0 spiro atoms. The summed E-state index contributed by atoms with van der Waals surface area (Å²) in [6.07, 6.45) is 3.17. The molecule has 0 atom stereocenters. The van der Waals surface area contributed by atoms with Crippen molar-refractivity contribution in [1.29, 1.82) is 0 Å². The Kier molecular flexibility index (Phi) is 6.84. The van der Waals surface area contributed by atoms with Gasteiger partial charge in [0.15, 0.2) is 0 Å². The molecular weight excluding hydrogens is 448 g/mol. The number of halogens is 1. The van der Waals surface area contributed by atoms with Gasteiger partial charge in [0.05, 0.1) is 25.2 Å². The van der Waals surface area contributed by atoms with E-state index in [4.69, 9.17) is 21.1 Å². The lowest BCUT2D eigenvalue weighted by Gasteiger charge is -2.07. The number of methoxy groups -OCH3 is 1. The van der Waals surface area contributed by atoms with Gasteiger partial charge < -0.3 is 9.47 Å². The molecule has 9 heteroatoms. The quantitative estimate of drug-likeness (QED) is 0.278. The number of aromatic nitrogens is 2. The molecule has 0 aliphatic heterocycles. The van der Waals surface area contributed by atoms with Gasteiger partial charge in [-0.25, -0.2) is 5.43 Å². The van der Waals surface area contributed by atoms with Crippen LogP contribution in [-0.4, -0.2) is 29.4 Å². The number of benzene rings is 2. The van der Waals surface area contributed by atoms with Gasteiger partial charge in [-0.15, -0.1) is 11.3 Å². The third kappa shape index (κ3) is 5.16. The summed E-state index contributed by atoms with van der Waals surface area (Å²) in [4.78, 5) is 13.0. The highest BCUT2D eigenvalue weighted by Gasteiger charge is 2.14. The van der Waals surface area contributed by atoms with E-state index in [1.807, 2.05) is 36.4 Å². The summed E-state index contributed by atoms with van der Waals surface area (Å²) < 4.78 is 11.1. The second-order valence-corrected chi connectivity index (χ2v) is 8.01. The summed E-state index contributed by atoms with van der Waals surface area (Å²) in [5.74, 6) is 0.879. The number of hydrogen-bond acceptors (Lipinski definition) is 6. The van der Waals surface area contributed by atoms with E-state index in [1.54, 1.807) is 36.9 Å². The second-order valence-electron chi connectivity index (χ2n) is 6.66. The van der Waals surface area contributed by atoms with Gasteiger partial charge in [0, 0.05) is 16.1 Å². The molecule has 2 aromatic carbocycles. The van der Waals surface area contributed by atoms with Crippen LogP contribution in [0.5, 0.6) is 11.5 Å². The van der Waals surface area contributed by atoms with Crippen LogP contribution in [0, 0.1) is 0 Å². The Morgan fingerprint density at radius 1 is 1.25 bits per heavy atom. The largest absolute Gasteiger partial charge is 0.497 e. The number of carbonyl (C=O) groups is 1. The summed E-state index contributed by atoms with van der Waals surface area (Å²) >= 11 is 7.19.